The van der Waals surface area contributed by atoms with Crippen LogP contribution in [0.3, 0.4) is 0 Å². The summed E-state index contributed by atoms with van der Waals surface area (Å²) < 4.78 is 25.9. The summed E-state index contributed by atoms with van der Waals surface area (Å²) in [6.45, 7) is 1.69. The van der Waals surface area contributed by atoms with Crippen molar-refractivity contribution in [3.8, 4) is 0 Å². The van der Waals surface area contributed by atoms with Crippen LogP contribution in [0.25, 0.3) is 0 Å². The van der Waals surface area contributed by atoms with Gasteiger partial charge >= 0.3 is 0 Å². The van der Waals surface area contributed by atoms with Gasteiger partial charge in [-0.15, -0.1) is 0 Å². The number of nitrogens with zero attached hydrogens (tertiary/aromatic N) is 2. The number of thiocarbonyl (C=S) groups is 1. The molecule has 0 fully saturated rings. The first-order valence-electron chi connectivity index (χ1n) is 5.73. The molecule has 0 atom stereocenters. The molecule has 2 rings (SSSR count). The van der Waals surface area contributed by atoms with E-state index in [1.54, 1.807) is 31.2 Å². The number of H-pyrrole nitrogens is 1. The Morgan fingerprint density at radius 2 is 1.95 bits per heavy atom. The quantitative estimate of drug-likeness (QED) is 0.827. The van der Waals surface area contributed by atoms with E-state index in [0.717, 1.165) is 0 Å². The van der Waals surface area contributed by atoms with E-state index in [9.17, 15) is 8.42 Å². The number of benzene rings is 1. The normalized spacial score (nSPS) is 11.3. The van der Waals surface area contributed by atoms with Gasteiger partial charge in [0, 0.05) is 12.6 Å². The van der Waals surface area contributed by atoms with Crippen LogP contribution in [-0.4, -0.2) is 30.4 Å². The summed E-state index contributed by atoms with van der Waals surface area (Å²) in [5, 5.41) is 0.0518. The summed E-state index contributed by atoms with van der Waals surface area (Å²) in [6.07, 6.45) is 1.30. The van der Waals surface area contributed by atoms with Gasteiger partial charge in [0.15, 0.2) is 5.03 Å². The summed E-state index contributed by atoms with van der Waals surface area (Å²) in [4.78, 5) is 6.89. The van der Waals surface area contributed by atoms with Crippen LogP contribution in [0.15, 0.2) is 35.5 Å². The van der Waals surface area contributed by atoms with E-state index in [-0.39, 0.29) is 10.0 Å². The average Bonchev–Trinajstić information content (AvgIpc) is 2.85. The van der Waals surface area contributed by atoms with Crippen molar-refractivity contribution in [1.29, 1.82) is 0 Å². The Kier molecular flexibility index (Phi) is 3.78. The lowest BCUT2D eigenvalue weighted by molar-refractivity contribution is 0.591. The third-order valence-electron chi connectivity index (χ3n) is 2.83. The maximum Gasteiger partial charge on any atom is 0.281 e. The molecule has 0 bridgehead atoms. The van der Waals surface area contributed by atoms with Crippen LogP contribution >= 0.6 is 12.2 Å². The highest BCUT2D eigenvalue weighted by Gasteiger charge is 2.23. The SMILES string of the molecule is Cc1ncc(S(=O)(=O)N(C)c2ccc(C(N)=S)cc2)[nH]1. The summed E-state index contributed by atoms with van der Waals surface area (Å²) in [7, 11) is -2.18. The molecule has 0 unspecified atom stereocenters. The molecule has 2 aromatic rings. The van der Waals surface area contributed by atoms with E-state index in [1.165, 1.54) is 17.5 Å². The Morgan fingerprint density at radius 3 is 2.40 bits per heavy atom. The number of hydrogen-bond donors (Lipinski definition) is 2. The molecule has 0 aliphatic heterocycles. The molecule has 0 saturated heterocycles. The fourth-order valence-corrected chi connectivity index (χ4v) is 2.94. The lowest BCUT2D eigenvalue weighted by Gasteiger charge is -2.18. The average molecular weight is 310 g/mol. The Labute approximate surface area is 122 Å². The molecule has 1 heterocycles. The van der Waals surface area contributed by atoms with Crippen molar-refractivity contribution >= 4 is 32.9 Å². The second-order valence-corrected chi connectivity index (χ2v) is 6.59. The molecular formula is C12H14N4O2S2. The van der Waals surface area contributed by atoms with Gasteiger partial charge in [0.1, 0.15) is 10.8 Å². The number of nitrogens with two attached hydrogens (primary N) is 1. The van der Waals surface area contributed by atoms with Crippen LogP contribution in [0.2, 0.25) is 0 Å². The highest BCUT2D eigenvalue weighted by Crippen LogP contribution is 2.21. The minimum absolute atomic E-state index is 0.0518. The zero-order chi connectivity index (χ0) is 14.9. The maximum absolute atomic E-state index is 12.4. The lowest BCUT2D eigenvalue weighted by Crippen LogP contribution is -2.27. The molecule has 20 heavy (non-hydrogen) atoms. The van der Waals surface area contributed by atoms with Gasteiger partial charge in [-0.05, 0) is 31.2 Å². The minimum atomic E-state index is -3.65. The molecule has 0 amide bonds. The van der Waals surface area contributed by atoms with Crippen molar-refractivity contribution in [2.45, 2.75) is 11.9 Å². The molecule has 3 N–H and O–H groups in total. The molecular weight excluding hydrogens is 296 g/mol. The predicted molar refractivity (Wildman–Crippen MR) is 81.2 cm³/mol. The van der Waals surface area contributed by atoms with Gasteiger partial charge in [-0.25, -0.2) is 4.98 Å². The number of aromatic nitrogens is 2. The smallest absolute Gasteiger partial charge is 0.281 e. The van der Waals surface area contributed by atoms with Crippen molar-refractivity contribution in [2.24, 2.45) is 5.73 Å². The van der Waals surface area contributed by atoms with Gasteiger partial charge in [-0.3, -0.25) is 4.31 Å². The van der Waals surface area contributed by atoms with E-state index < -0.39 is 10.0 Å². The van der Waals surface area contributed by atoms with Gasteiger partial charge in [-0.1, -0.05) is 12.2 Å². The van der Waals surface area contributed by atoms with Crippen LogP contribution in [0.4, 0.5) is 5.69 Å². The van der Waals surface area contributed by atoms with Crippen molar-refractivity contribution in [1.82, 2.24) is 9.97 Å². The number of nitrogens with one attached hydrogen (secondary N) is 1. The van der Waals surface area contributed by atoms with Crippen molar-refractivity contribution in [2.75, 3.05) is 11.4 Å². The number of imidazole rings is 1. The van der Waals surface area contributed by atoms with Crippen LogP contribution in [0.5, 0.6) is 0 Å². The number of anilines is 1. The third-order valence-corrected chi connectivity index (χ3v) is 4.76. The molecule has 8 heteroatoms. The standard InChI is InChI=1S/C12H14N4O2S2/c1-8-14-7-11(15-8)20(17,18)16(2)10-5-3-9(4-6-10)12(13)19/h3-7H,1-2H3,(H2,13,19)(H,14,15). The predicted octanol–water partition coefficient (Wildman–Crippen LogP) is 1.18. The van der Waals surface area contributed by atoms with E-state index in [0.29, 0.717) is 17.1 Å². The molecule has 1 aromatic heterocycles. The van der Waals surface area contributed by atoms with Crippen LogP contribution in [0, 0.1) is 6.92 Å². The molecule has 106 valence electrons. The monoisotopic (exact) mass is 310 g/mol. The zero-order valence-corrected chi connectivity index (χ0v) is 12.6. The second-order valence-electron chi connectivity index (χ2n) is 4.22. The zero-order valence-electron chi connectivity index (χ0n) is 11.0. The van der Waals surface area contributed by atoms with Crippen molar-refractivity contribution in [3.63, 3.8) is 0 Å². The van der Waals surface area contributed by atoms with Gasteiger partial charge in [0.2, 0.25) is 0 Å². The molecule has 0 radical (unpaired) electrons. The first kappa shape index (κ1) is 14.5. The fourth-order valence-electron chi connectivity index (χ4n) is 1.65. The first-order chi connectivity index (χ1) is 9.32. The molecule has 6 nitrogen and oxygen atoms in total. The molecule has 0 spiro atoms. The number of hydrogen-bond acceptors (Lipinski definition) is 4. The van der Waals surface area contributed by atoms with Gasteiger partial charge < -0.3 is 10.7 Å². The Balaban J connectivity index is 2.35. The number of sulfonamides is 1. The Bertz CT molecular complexity index is 735. The summed E-state index contributed by atoms with van der Waals surface area (Å²) in [5.74, 6) is 0.542. The van der Waals surface area contributed by atoms with E-state index in [4.69, 9.17) is 18.0 Å². The topological polar surface area (TPSA) is 92.1 Å². The Hall–Kier alpha value is -1.93. The fraction of sp³-hybridized carbons (Fsp3) is 0.167. The van der Waals surface area contributed by atoms with Gasteiger partial charge in [-0.2, -0.15) is 8.42 Å². The molecule has 1 aromatic carbocycles. The summed E-state index contributed by atoms with van der Waals surface area (Å²) in [5.41, 5.74) is 6.70. The van der Waals surface area contributed by atoms with Crippen LogP contribution in [-0.2, 0) is 10.0 Å². The van der Waals surface area contributed by atoms with E-state index in [2.05, 4.69) is 9.97 Å². The Morgan fingerprint density at radius 1 is 1.35 bits per heavy atom. The first-order valence-corrected chi connectivity index (χ1v) is 7.57. The maximum atomic E-state index is 12.4. The van der Waals surface area contributed by atoms with Crippen molar-refractivity contribution in [3.05, 3.63) is 41.9 Å². The minimum Gasteiger partial charge on any atom is -0.389 e. The summed E-state index contributed by atoms with van der Waals surface area (Å²) >= 11 is 4.86. The number of aromatic amines is 1. The highest BCUT2D eigenvalue weighted by atomic mass is 32.2. The van der Waals surface area contributed by atoms with Crippen LogP contribution in [0.1, 0.15) is 11.4 Å². The third kappa shape index (κ3) is 2.66. The van der Waals surface area contributed by atoms with E-state index in [1.807, 2.05) is 0 Å². The number of rotatable bonds is 4. The largest absolute Gasteiger partial charge is 0.389 e. The highest BCUT2D eigenvalue weighted by molar-refractivity contribution is 7.92. The van der Waals surface area contributed by atoms with E-state index >= 15 is 0 Å². The molecule has 0 aliphatic rings. The van der Waals surface area contributed by atoms with Crippen molar-refractivity contribution < 1.29 is 8.42 Å². The summed E-state index contributed by atoms with van der Waals surface area (Å²) in [6, 6.07) is 6.66. The number of aryl methyl sites for hydroxylation is 1. The lowest BCUT2D eigenvalue weighted by atomic mass is 10.2. The van der Waals surface area contributed by atoms with Gasteiger partial charge in [0.25, 0.3) is 10.0 Å². The molecule has 0 saturated carbocycles. The molecule has 0 aliphatic carbocycles. The van der Waals surface area contributed by atoms with Crippen LogP contribution < -0.4 is 10.0 Å². The van der Waals surface area contributed by atoms with Gasteiger partial charge in [0.05, 0.1) is 11.9 Å². The second kappa shape index (κ2) is 5.22.